The number of carbonyl (C=O) groups is 3. The van der Waals surface area contributed by atoms with Crippen LogP contribution < -0.4 is 16.0 Å². The Morgan fingerprint density at radius 1 is 0.403 bits per heavy atom. The van der Waals surface area contributed by atoms with Gasteiger partial charge in [-0.1, -0.05) is 112 Å². The lowest BCUT2D eigenvalue weighted by Crippen LogP contribution is -2.27. The van der Waals surface area contributed by atoms with Crippen molar-refractivity contribution in [2.45, 2.75) is 80.4 Å². The van der Waals surface area contributed by atoms with Crippen molar-refractivity contribution >= 4 is 34.8 Å². The third-order valence-corrected chi connectivity index (χ3v) is 12.8. The van der Waals surface area contributed by atoms with Crippen LogP contribution in [-0.2, 0) is 34.0 Å². The van der Waals surface area contributed by atoms with E-state index in [2.05, 4.69) is 121 Å². The highest BCUT2D eigenvalue weighted by molar-refractivity contribution is 5.92. The zero-order chi connectivity index (χ0) is 50.8. The normalized spacial score (nSPS) is 11.5. The van der Waals surface area contributed by atoms with Crippen LogP contribution in [-0.4, -0.2) is 136 Å². The van der Waals surface area contributed by atoms with E-state index in [0.717, 1.165) is 109 Å². The van der Waals surface area contributed by atoms with Crippen LogP contribution in [0.5, 0.6) is 0 Å². The predicted octanol–water partition coefficient (Wildman–Crippen LogP) is 7.62. The van der Waals surface area contributed by atoms with Gasteiger partial charge in [0.25, 0.3) is 0 Å². The summed E-state index contributed by atoms with van der Waals surface area (Å²) in [5.74, 6) is -0.0408. The second-order valence-electron chi connectivity index (χ2n) is 17.8. The van der Waals surface area contributed by atoms with Crippen LogP contribution in [0.15, 0.2) is 110 Å². The fourth-order valence-electron chi connectivity index (χ4n) is 8.44. The molecular formula is C54H69N15O3. The maximum atomic E-state index is 12.6. The molecule has 0 atom stereocenters. The Labute approximate surface area is 422 Å². The Hall–Kier alpha value is -7.41. The van der Waals surface area contributed by atoms with Gasteiger partial charge in [0.15, 0.2) is 0 Å². The lowest BCUT2D eigenvalue weighted by molar-refractivity contribution is -0.117. The fourth-order valence-corrected chi connectivity index (χ4v) is 8.44. The number of nitrogens with zero attached hydrogens (tertiary/aromatic N) is 12. The van der Waals surface area contributed by atoms with Crippen LogP contribution >= 0.6 is 0 Å². The first-order valence-corrected chi connectivity index (χ1v) is 25.2. The molecule has 0 spiro atoms. The summed E-state index contributed by atoms with van der Waals surface area (Å²) in [6, 6.07) is 29.4. The van der Waals surface area contributed by atoms with Crippen molar-refractivity contribution in [2.24, 2.45) is 0 Å². The molecule has 3 heterocycles. The number of aromatic nitrogens is 9. The molecule has 0 fully saturated rings. The Bertz CT molecular complexity index is 2490. The molecule has 0 saturated carbocycles. The zero-order valence-electron chi connectivity index (χ0n) is 42.6. The van der Waals surface area contributed by atoms with E-state index in [0.29, 0.717) is 56.0 Å². The average Bonchev–Trinajstić information content (AvgIpc) is 4.18. The SMILES string of the molecule is CCN(CC)CCC(=O)Nc1ccc(-c2cn(Cc3cc(Cn4cc(-c5ccc(NC(=O)CCN(CC)CC)cc5)nn4)cc(Cn4cc(-c5ccc(NC(=O)CCN(CC)CC)cc5)nn4)c3)nn2)cc1. The average molecular weight is 976 g/mol. The highest BCUT2D eigenvalue weighted by Crippen LogP contribution is 2.24. The van der Waals surface area contributed by atoms with E-state index in [4.69, 9.17) is 0 Å². The molecule has 4 aromatic carbocycles. The lowest BCUT2D eigenvalue weighted by atomic mass is 10.0. The molecule has 18 nitrogen and oxygen atoms in total. The van der Waals surface area contributed by atoms with E-state index in [1.54, 1.807) is 0 Å². The molecule has 0 bridgehead atoms. The highest BCUT2D eigenvalue weighted by atomic mass is 16.2. The van der Waals surface area contributed by atoms with Crippen LogP contribution in [0, 0.1) is 0 Å². The molecule has 0 aliphatic rings. The van der Waals surface area contributed by atoms with Crippen LogP contribution in [0.25, 0.3) is 33.8 Å². The fraction of sp³-hybridized carbons (Fsp3) is 0.389. The first kappa shape index (κ1) is 52.4. The molecule has 0 aliphatic carbocycles. The van der Waals surface area contributed by atoms with Crippen molar-refractivity contribution in [1.29, 1.82) is 0 Å². The van der Waals surface area contributed by atoms with E-state index < -0.39 is 0 Å². The summed E-state index contributed by atoms with van der Waals surface area (Å²) in [5.41, 5.74) is 10.0. The molecule has 3 aromatic heterocycles. The van der Waals surface area contributed by atoms with Gasteiger partial charge in [-0.15, -0.1) is 15.3 Å². The van der Waals surface area contributed by atoms with Crippen LogP contribution in [0.4, 0.5) is 17.1 Å². The Balaban J connectivity index is 1.04. The molecule has 0 saturated heterocycles. The van der Waals surface area contributed by atoms with Gasteiger partial charge in [0, 0.05) is 72.6 Å². The molecule has 378 valence electrons. The second-order valence-corrected chi connectivity index (χ2v) is 17.8. The number of carbonyl (C=O) groups excluding carboxylic acids is 3. The molecule has 18 heteroatoms. The van der Waals surface area contributed by atoms with E-state index in [9.17, 15) is 14.4 Å². The number of anilines is 3. The van der Waals surface area contributed by atoms with Gasteiger partial charge in [0.1, 0.15) is 17.1 Å². The van der Waals surface area contributed by atoms with Crippen molar-refractivity contribution in [1.82, 2.24) is 59.7 Å². The van der Waals surface area contributed by atoms with Gasteiger partial charge in [-0.3, -0.25) is 14.4 Å². The molecule has 3 amide bonds. The summed E-state index contributed by atoms with van der Waals surface area (Å²) < 4.78 is 5.45. The summed E-state index contributed by atoms with van der Waals surface area (Å²) in [7, 11) is 0. The highest BCUT2D eigenvalue weighted by Gasteiger charge is 2.14. The van der Waals surface area contributed by atoms with Crippen molar-refractivity contribution < 1.29 is 14.4 Å². The molecule has 72 heavy (non-hydrogen) atoms. The van der Waals surface area contributed by atoms with Gasteiger partial charge < -0.3 is 30.7 Å². The number of amides is 3. The van der Waals surface area contributed by atoms with Gasteiger partial charge in [0.2, 0.25) is 17.7 Å². The Morgan fingerprint density at radius 3 is 0.889 bits per heavy atom. The van der Waals surface area contributed by atoms with Gasteiger partial charge in [-0.05, 0) is 92.4 Å². The first-order chi connectivity index (χ1) is 35.0. The summed E-state index contributed by atoms with van der Waals surface area (Å²) in [6.45, 7) is 21.6. The lowest BCUT2D eigenvalue weighted by Gasteiger charge is -2.17. The Morgan fingerprint density at radius 2 is 0.653 bits per heavy atom. The maximum Gasteiger partial charge on any atom is 0.225 e. The van der Waals surface area contributed by atoms with Crippen molar-refractivity contribution in [3.8, 4) is 33.8 Å². The third kappa shape index (κ3) is 15.3. The molecule has 0 radical (unpaired) electrons. The van der Waals surface area contributed by atoms with Crippen LogP contribution in [0.3, 0.4) is 0 Å². The molecule has 7 rings (SSSR count). The quantitative estimate of drug-likeness (QED) is 0.0458. The number of hydrogen-bond donors (Lipinski definition) is 3. The van der Waals surface area contributed by atoms with Crippen molar-refractivity contribution in [2.75, 3.05) is 74.9 Å². The third-order valence-electron chi connectivity index (χ3n) is 12.8. The minimum atomic E-state index is -0.0136. The van der Waals surface area contributed by atoms with E-state index in [-0.39, 0.29) is 17.7 Å². The minimum Gasteiger partial charge on any atom is -0.326 e. The standard InChI is InChI=1S/C54H69N15O3/c1-7-64(8-2)28-25-52(70)55-46-19-13-43(14-20-46)49-37-67(61-58-49)34-40-31-41(35-68-38-50(59-62-68)44-15-21-47(22-16-44)56-53(71)26-29-65(9-3)10-4)33-42(32-40)36-69-39-51(60-63-69)45-17-23-48(24-18-45)57-54(72)27-30-66(11-5)12-6/h13-24,31-33,37-39H,7-12,25-30,34-36H2,1-6H3,(H,55,70)(H,56,71)(H,57,72). The van der Waals surface area contributed by atoms with Crippen LogP contribution in [0.2, 0.25) is 0 Å². The monoisotopic (exact) mass is 976 g/mol. The molecule has 0 unspecified atom stereocenters. The molecule has 7 aromatic rings. The summed E-state index contributed by atoms with van der Waals surface area (Å²) in [6.07, 6.45) is 7.07. The van der Waals surface area contributed by atoms with Gasteiger partial charge >= 0.3 is 0 Å². The van der Waals surface area contributed by atoms with E-state index >= 15 is 0 Å². The van der Waals surface area contributed by atoms with E-state index in [1.807, 2.05) is 105 Å². The topological polar surface area (TPSA) is 189 Å². The van der Waals surface area contributed by atoms with E-state index in [1.165, 1.54) is 0 Å². The van der Waals surface area contributed by atoms with Gasteiger partial charge in [-0.2, -0.15) is 0 Å². The number of benzene rings is 4. The number of rotatable bonds is 27. The maximum absolute atomic E-state index is 12.6. The molecule has 3 N–H and O–H groups in total. The summed E-state index contributed by atoms with van der Waals surface area (Å²) >= 11 is 0. The van der Waals surface area contributed by atoms with Gasteiger partial charge in [0.05, 0.1) is 38.2 Å². The zero-order valence-corrected chi connectivity index (χ0v) is 42.6. The second kappa shape index (κ2) is 26.2. The number of nitrogens with one attached hydrogen (secondary N) is 3. The van der Waals surface area contributed by atoms with Crippen LogP contribution in [0.1, 0.15) is 77.5 Å². The minimum absolute atomic E-state index is 0.0136. The van der Waals surface area contributed by atoms with Crippen molar-refractivity contribution in [3.63, 3.8) is 0 Å². The predicted molar refractivity (Wildman–Crippen MR) is 283 cm³/mol. The first-order valence-electron chi connectivity index (χ1n) is 25.2. The smallest absolute Gasteiger partial charge is 0.225 e. The summed E-state index contributed by atoms with van der Waals surface area (Å²) in [5, 5.41) is 36.0. The molecular weight excluding hydrogens is 907 g/mol. The van der Waals surface area contributed by atoms with Crippen molar-refractivity contribution in [3.05, 3.63) is 126 Å². The van der Waals surface area contributed by atoms with Gasteiger partial charge in [-0.25, -0.2) is 14.0 Å². The molecule has 0 aliphatic heterocycles. The Kier molecular flexibility index (Phi) is 19.0. The summed E-state index contributed by atoms with van der Waals surface area (Å²) in [4.78, 5) is 44.5. The largest absolute Gasteiger partial charge is 0.326 e. The number of hydrogen-bond acceptors (Lipinski definition) is 12.